The van der Waals surface area contributed by atoms with Crippen LogP contribution in [-0.2, 0) is 12.8 Å². The number of hydrogen-bond acceptors (Lipinski definition) is 4. The number of benzene rings is 1. The summed E-state index contributed by atoms with van der Waals surface area (Å²) in [6, 6.07) is 8.63. The van der Waals surface area contributed by atoms with Crippen molar-refractivity contribution in [3.05, 3.63) is 46.5 Å². The maximum atomic E-state index is 5.25. The molecule has 3 N–H and O–H groups in total. The number of nitrogens with one attached hydrogen (secondary N) is 1. The SMILES string of the molecule is CC=N/C(=C\S)CCc1ccc(CCNN)cc1. The van der Waals surface area contributed by atoms with Crippen LogP contribution in [-0.4, -0.2) is 12.8 Å². The highest BCUT2D eigenvalue weighted by atomic mass is 32.1. The van der Waals surface area contributed by atoms with Gasteiger partial charge in [-0.1, -0.05) is 24.3 Å². The van der Waals surface area contributed by atoms with Crippen LogP contribution in [0.1, 0.15) is 24.5 Å². The summed E-state index contributed by atoms with van der Waals surface area (Å²) in [7, 11) is 0. The largest absolute Gasteiger partial charge is 0.271 e. The molecule has 0 aromatic heterocycles. The molecule has 0 aliphatic heterocycles. The van der Waals surface area contributed by atoms with Crippen LogP contribution >= 0.6 is 12.6 Å². The second-order valence-electron chi connectivity index (χ2n) is 4.03. The fraction of sp³-hybridized carbons (Fsp3) is 0.357. The lowest BCUT2D eigenvalue weighted by Gasteiger charge is -2.04. The lowest BCUT2D eigenvalue weighted by Crippen LogP contribution is -2.24. The van der Waals surface area contributed by atoms with E-state index in [0.29, 0.717) is 0 Å². The van der Waals surface area contributed by atoms with Crippen molar-refractivity contribution >= 4 is 18.8 Å². The smallest absolute Gasteiger partial charge is 0.0463 e. The van der Waals surface area contributed by atoms with Gasteiger partial charge in [0.2, 0.25) is 0 Å². The molecule has 0 aliphatic carbocycles. The number of thiol groups is 1. The normalized spacial score (nSPS) is 12.3. The van der Waals surface area contributed by atoms with Crippen LogP contribution in [0.15, 0.2) is 40.4 Å². The summed E-state index contributed by atoms with van der Waals surface area (Å²) in [4.78, 5) is 4.25. The molecular formula is C14H21N3S. The highest BCUT2D eigenvalue weighted by Crippen LogP contribution is 2.12. The van der Waals surface area contributed by atoms with Gasteiger partial charge < -0.3 is 0 Å². The average molecular weight is 263 g/mol. The van der Waals surface area contributed by atoms with Crippen molar-refractivity contribution in [1.29, 1.82) is 0 Å². The van der Waals surface area contributed by atoms with Crippen LogP contribution in [0.4, 0.5) is 0 Å². The molecule has 1 aromatic rings. The van der Waals surface area contributed by atoms with E-state index < -0.39 is 0 Å². The molecule has 0 amide bonds. The zero-order chi connectivity index (χ0) is 13.2. The first-order chi connectivity index (χ1) is 8.80. The van der Waals surface area contributed by atoms with E-state index in [-0.39, 0.29) is 0 Å². The summed E-state index contributed by atoms with van der Waals surface area (Å²) in [5.74, 6) is 5.25. The Labute approximate surface area is 115 Å². The summed E-state index contributed by atoms with van der Waals surface area (Å²) >= 11 is 4.16. The van der Waals surface area contributed by atoms with Gasteiger partial charge in [-0.25, -0.2) is 0 Å². The monoisotopic (exact) mass is 263 g/mol. The van der Waals surface area contributed by atoms with Gasteiger partial charge >= 0.3 is 0 Å². The summed E-state index contributed by atoms with van der Waals surface area (Å²) in [6.07, 6.45) is 4.65. The Kier molecular flexibility index (Phi) is 7.41. The molecule has 0 unspecified atom stereocenters. The molecule has 0 radical (unpaired) electrons. The summed E-state index contributed by atoms with van der Waals surface area (Å²) in [5, 5.41) is 1.77. The van der Waals surface area contributed by atoms with Crippen LogP contribution in [0, 0.1) is 0 Å². The Bertz CT molecular complexity index is 396. The number of nitrogens with zero attached hydrogens (tertiary/aromatic N) is 1. The molecule has 1 rings (SSSR count). The summed E-state index contributed by atoms with van der Waals surface area (Å²) in [5.41, 5.74) is 6.29. The van der Waals surface area contributed by atoms with E-state index in [4.69, 9.17) is 5.84 Å². The molecule has 3 nitrogen and oxygen atoms in total. The van der Waals surface area contributed by atoms with E-state index in [1.807, 2.05) is 6.92 Å². The van der Waals surface area contributed by atoms with E-state index in [9.17, 15) is 0 Å². The predicted molar refractivity (Wildman–Crippen MR) is 81.9 cm³/mol. The van der Waals surface area contributed by atoms with E-state index in [1.54, 1.807) is 11.6 Å². The lowest BCUT2D eigenvalue weighted by molar-refractivity contribution is 0.728. The molecule has 0 heterocycles. The third-order valence-corrected chi connectivity index (χ3v) is 2.99. The maximum Gasteiger partial charge on any atom is 0.0463 e. The molecule has 0 saturated heterocycles. The Hall–Kier alpha value is -1.10. The third-order valence-electron chi connectivity index (χ3n) is 2.69. The zero-order valence-corrected chi connectivity index (χ0v) is 11.7. The zero-order valence-electron chi connectivity index (χ0n) is 10.8. The van der Waals surface area contributed by atoms with Crippen molar-refractivity contribution in [1.82, 2.24) is 5.43 Å². The highest BCUT2D eigenvalue weighted by molar-refractivity contribution is 7.83. The van der Waals surface area contributed by atoms with E-state index >= 15 is 0 Å². The number of nitrogens with two attached hydrogens (primary N) is 1. The molecule has 0 atom stereocenters. The summed E-state index contributed by atoms with van der Waals surface area (Å²) in [6.45, 7) is 2.72. The second kappa shape index (κ2) is 8.91. The fourth-order valence-electron chi connectivity index (χ4n) is 1.69. The Morgan fingerprint density at radius 1 is 1.28 bits per heavy atom. The Morgan fingerprint density at radius 2 is 1.89 bits per heavy atom. The van der Waals surface area contributed by atoms with Crippen molar-refractivity contribution in [2.75, 3.05) is 6.54 Å². The number of rotatable bonds is 7. The first-order valence-corrected chi connectivity index (χ1v) is 6.65. The first kappa shape index (κ1) is 15.0. The number of allylic oxidation sites excluding steroid dienone is 1. The third kappa shape index (κ3) is 5.49. The van der Waals surface area contributed by atoms with Crippen molar-refractivity contribution in [3.8, 4) is 0 Å². The maximum absolute atomic E-state index is 5.25. The van der Waals surface area contributed by atoms with Gasteiger partial charge in [-0.2, -0.15) is 0 Å². The van der Waals surface area contributed by atoms with Crippen LogP contribution in [0.25, 0.3) is 0 Å². The van der Waals surface area contributed by atoms with Crippen LogP contribution in [0.3, 0.4) is 0 Å². The number of aliphatic imine (C=N–C) groups is 1. The average Bonchev–Trinajstić information content (AvgIpc) is 2.42. The molecule has 0 spiro atoms. The molecule has 98 valence electrons. The fourth-order valence-corrected chi connectivity index (χ4v) is 1.89. The number of hydrazine groups is 1. The highest BCUT2D eigenvalue weighted by Gasteiger charge is 1.98. The van der Waals surface area contributed by atoms with Crippen molar-refractivity contribution < 1.29 is 0 Å². The quantitative estimate of drug-likeness (QED) is 0.306. The predicted octanol–water partition coefficient (Wildman–Crippen LogP) is 2.49. The van der Waals surface area contributed by atoms with Crippen LogP contribution in [0.5, 0.6) is 0 Å². The number of hydrogen-bond donors (Lipinski definition) is 3. The van der Waals surface area contributed by atoms with E-state index in [1.165, 1.54) is 11.1 Å². The molecule has 4 heteroatoms. The second-order valence-corrected chi connectivity index (χ2v) is 4.29. The topological polar surface area (TPSA) is 50.4 Å². The summed E-state index contributed by atoms with van der Waals surface area (Å²) < 4.78 is 0. The van der Waals surface area contributed by atoms with Gasteiger partial charge in [-0.3, -0.25) is 16.3 Å². The van der Waals surface area contributed by atoms with E-state index in [0.717, 1.165) is 31.5 Å². The minimum absolute atomic E-state index is 0.803. The van der Waals surface area contributed by atoms with Gasteiger partial charge in [-0.15, -0.1) is 12.6 Å². The molecule has 0 fully saturated rings. The van der Waals surface area contributed by atoms with Crippen molar-refractivity contribution in [2.24, 2.45) is 10.8 Å². The van der Waals surface area contributed by atoms with Crippen molar-refractivity contribution in [2.45, 2.75) is 26.2 Å². The standard InChI is InChI=1S/C14H21N3S/c1-2-16-14(11-18)8-7-12-3-5-13(6-4-12)9-10-17-15/h2-6,11,17-18H,7-10,15H2,1H3/b14-11-,16-2?. The number of aryl methyl sites for hydroxylation is 1. The Morgan fingerprint density at radius 3 is 2.39 bits per heavy atom. The van der Waals surface area contributed by atoms with Gasteiger partial charge in [-0.05, 0) is 42.7 Å². The molecule has 18 heavy (non-hydrogen) atoms. The Balaban J connectivity index is 2.48. The molecule has 0 aliphatic rings. The van der Waals surface area contributed by atoms with Gasteiger partial charge in [0, 0.05) is 18.5 Å². The molecular weight excluding hydrogens is 242 g/mol. The van der Waals surface area contributed by atoms with E-state index in [2.05, 4.69) is 47.3 Å². The minimum atomic E-state index is 0.803. The van der Waals surface area contributed by atoms with Gasteiger partial charge in [0.25, 0.3) is 0 Å². The molecule has 1 aromatic carbocycles. The van der Waals surface area contributed by atoms with Gasteiger partial charge in [0.1, 0.15) is 0 Å². The lowest BCUT2D eigenvalue weighted by atomic mass is 10.1. The molecule has 0 bridgehead atoms. The minimum Gasteiger partial charge on any atom is -0.271 e. The van der Waals surface area contributed by atoms with Crippen LogP contribution in [0.2, 0.25) is 0 Å². The molecule has 0 saturated carbocycles. The van der Waals surface area contributed by atoms with Crippen molar-refractivity contribution in [3.63, 3.8) is 0 Å². The van der Waals surface area contributed by atoms with Crippen LogP contribution < -0.4 is 11.3 Å². The first-order valence-electron chi connectivity index (χ1n) is 6.13. The van der Waals surface area contributed by atoms with Gasteiger partial charge in [0.05, 0.1) is 0 Å². The van der Waals surface area contributed by atoms with Gasteiger partial charge in [0.15, 0.2) is 0 Å².